The topological polar surface area (TPSA) is 73.7 Å². The molecule has 186 valence electrons. The van der Waals surface area contributed by atoms with Gasteiger partial charge in [-0.1, -0.05) is 19.9 Å². The van der Waals surface area contributed by atoms with E-state index < -0.39 is 0 Å². The largest absolute Gasteiger partial charge is 0.354 e. The van der Waals surface area contributed by atoms with Crippen molar-refractivity contribution in [2.75, 3.05) is 26.7 Å². The van der Waals surface area contributed by atoms with Crippen molar-refractivity contribution in [3.05, 3.63) is 60.0 Å². The summed E-state index contributed by atoms with van der Waals surface area (Å²) in [6, 6.07) is 11.0. The van der Waals surface area contributed by atoms with Crippen LogP contribution in [-0.2, 0) is 9.59 Å². The molecule has 2 amide bonds. The molecule has 0 aliphatic carbocycles. The summed E-state index contributed by atoms with van der Waals surface area (Å²) in [6.45, 7) is 6.58. The van der Waals surface area contributed by atoms with Gasteiger partial charge in [0.2, 0.25) is 11.8 Å². The highest BCUT2D eigenvalue weighted by Crippen LogP contribution is 2.38. The number of nitrogens with one attached hydrogen (secondary N) is 1. The number of carbonyl (C=O) groups is 2. The molecular formula is C29H33N5O2. The number of aromatic amines is 1. The Kier molecular flexibility index (Phi) is 5.58. The Hall–Kier alpha value is -3.61. The highest BCUT2D eigenvalue weighted by atomic mass is 16.2. The fourth-order valence-corrected chi connectivity index (χ4v) is 6.10. The molecule has 3 aromatic heterocycles. The van der Waals surface area contributed by atoms with Gasteiger partial charge in [-0.3, -0.25) is 9.59 Å². The fourth-order valence-electron chi connectivity index (χ4n) is 6.10. The van der Waals surface area contributed by atoms with Gasteiger partial charge in [-0.25, -0.2) is 4.98 Å². The number of piperidine rings is 1. The lowest BCUT2D eigenvalue weighted by Gasteiger charge is -2.33. The molecule has 1 atom stereocenters. The quantitative estimate of drug-likeness (QED) is 0.454. The summed E-state index contributed by atoms with van der Waals surface area (Å²) in [5.41, 5.74) is 7.12. The average molecular weight is 484 g/mol. The number of nitrogens with zero attached hydrogens (tertiary/aromatic N) is 4. The maximum atomic E-state index is 13.0. The first-order valence-corrected chi connectivity index (χ1v) is 13.0. The molecule has 6 rings (SSSR count). The zero-order chi connectivity index (χ0) is 25.0. The molecule has 1 unspecified atom stereocenters. The number of hydrogen-bond donors (Lipinski definition) is 1. The third-order valence-corrected chi connectivity index (χ3v) is 8.09. The van der Waals surface area contributed by atoms with E-state index in [-0.39, 0.29) is 17.7 Å². The normalized spacial score (nSPS) is 19.3. The molecule has 2 aliphatic heterocycles. The molecule has 7 nitrogen and oxygen atoms in total. The van der Waals surface area contributed by atoms with Gasteiger partial charge in [-0.15, -0.1) is 0 Å². The van der Waals surface area contributed by atoms with Gasteiger partial charge in [0.1, 0.15) is 5.65 Å². The van der Waals surface area contributed by atoms with Gasteiger partial charge in [-0.05, 0) is 60.1 Å². The lowest BCUT2D eigenvalue weighted by molar-refractivity contribution is -0.136. The zero-order valence-corrected chi connectivity index (χ0v) is 21.2. The van der Waals surface area contributed by atoms with E-state index in [1.165, 1.54) is 22.2 Å². The number of benzene rings is 1. The Morgan fingerprint density at radius 1 is 1.14 bits per heavy atom. The summed E-state index contributed by atoms with van der Waals surface area (Å²) in [6.07, 6.45) is 8.22. The lowest BCUT2D eigenvalue weighted by atomic mass is 9.87. The monoisotopic (exact) mass is 483 g/mol. The van der Waals surface area contributed by atoms with Crippen LogP contribution in [-0.4, -0.2) is 62.7 Å². The van der Waals surface area contributed by atoms with Gasteiger partial charge in [0.15, 0.2) is 0 Å². The molecule has 0 bridgehead atoms. The smallest absolute Gasteiger partial charge is 0.227 e. The van der Waals surface area contributed by atoms with E-state index in [4.69, 9.17) is 0 Å². The number of aromatic nitrogens is 3. The molecule has 5 heterocycles. The van der Waals surface area contributed by atoms with E-state index in [9.17, 15) is 9.59 Å². The molecular weight excluding hydrogens is 450 g/mol. The second kappa shape index (κ2) is 8.80. The van der Waals surface area contributed by atoms with Crippen molar-refractivity contribution in [3.63, 3.8) is 0 Å². The van der Waals surface area contributed by atoms with Crippen LogP contribution in [0, 0.1) is 5.92 Å². The summed E-state index contributed by atoms with van der Waals surface area (Å²) >= 11 is 0. The van der Waals surface area contributed by atoms with Crippen LogP contribution in [0.1, 0.15) is 56.1 Å². The third-order valence-electron chi connectivity index (χ3n) is 8.09. The highest BCUT2D eigenvalue weighted by molar-refractivity contribution is 5.92. The van der Waals surface area contributed by atoms with Crippen LogP contribution in [0.2, 0.25) is 0 Å². The Morgan fingerprint density at radius 3 is 2.67 bits per heavy atom. The van der Waals surface area contributed by atoms with Crippen molar-refractivity contribution in [2.24, 2.45) is 5.92 Å². The molecule has 0 spiro atoms. The Labute approximate surface area is 211 Å². The van der Waals surface area contributed by atoms with Gasteiger partial charge < -0.3 is 19.2 Å². The Morgan fingerprint density at radius 2 is 1.94 bits per heavy atom. The van der Waals surface area contributed by atoms with Crippen molar-refractivity contribution in [1.82, 2.24) is 24.2 Å². The second-order valence-corrected chi connectivity index (χ2v) is 10.8. The van der Waals surface area contributed by atoms with Crippen molar-refractivity contribution in [3.8, 4) is 11.3 Å². The minimum absolute atomic E-state index is 0.0771. The highest BCUT2D eigenvalue weighted by Gasteiger charge is 2.36. The maximum absolute atomic E-state index is 13.0. The first kappa shape index (κ1) is 22.8. The number of carbonyl (C=O) groups excluding carboxylic acids is 2. The summed E-state index contributed by atoms with van der Waals surface area (Å²) in [4.78, 5) is 36.6. The van der Waals surface area contributed by atoms with Crippen LogP contribution in [0.4, 0.5) is 0 Å². The van der Waals surface area contributed by atoms with E-state index in [1.807, 2.05) is 17.3 Å². The summed E-state index contributed by atoms with van der Waals surface area (Å²) in [5, 5.41) is 1.29. The molecule has 2 fully saturated rings. The molecule has 2 saturated heterocycles. The fraction of sp³-hybridized carbons (Fsp3) is 0.414. The Balaban J connectivity index is 1.25. The molecule has 7 heteroatoms. The number of likely N-dealkylation sites (tertiary alicyclic amines) is 2. The summed E-state index contributed by atoms with van der Waals surface area (Å²) < 4.78 is 2.06. The van der Waals surface area contributed by atoms with E-state index in [0.717, 1.165) is 42.7 Å². The van der Waals surface area contributed by atoms with Crippen LogP contribution in [0.3, 0.4) is 0 Å². The van der Waals surface area contributed by atoms with Crippen molar-refractivity contribution < 1.29 is 9.59 Å². The minimum atomic E-state index is -0.177. The van der Waals surface area contributed by atoms with E-state index >= 15 is 0 Å². The number of hydrogen-bond acceptors (Lipinski definition) is 3. The van der Waals surface area contributed by atoms with Crippen molar-refractivity contribution in [1.29, 1.82) is 0 Å². The SMILES string of the molecule is CC(C)c1c(-c2ccc3nccn3c2)[nH]c2ccc(C3CCN(C(=O)C4CC(=O)N(C)C4)CC3)cc12. The summed E-state index contributed by atoms with van der Waals surface area (Å²) in [7, 11) is 1.78. The lowest BCUT2D eigenvalue weighted by Crippen LogP contribution is -2.42. The van der Waals surface area contributed by atoms with E-state index in [2.05, 4.69) is 64.7 Å². The number of rotatable bonds is 4. The second-order valence-electron chi connectivity index (χ2n) is 10.8. The maximum Gasteiger partial charge on any atom is 0.227 e. The molecule has 0 radical (unpaired) electrons. The molecule has 2 aliphatic rings. The Bertz CT molecular complexity index is 1460. The summed E-state index contributed by atoms with van der Waals surface area (Å²) in [5.74, 6) is 0.854. The zero-order valence-electron chi connectivity index (χ0n) is 21.2. The molecule has 0 saturated carbocycles. The van der Waals surface area contributed by atoms with E-state index in [0.29, 0.717) is 24.8 Å². The predicted octanol–water partition coefficient (Wildman–Crippen LogP) is 4.79. The third kappa shape index (κ3) is 3.87. The van der Waals surface area contributed by atoms with Crippen LogP contribution in [0.25, 0.3) is 27.8 Å². The van der Waals surface area contributed by atoms with Crippen LogP contribution < -0.4 is 0 Å². The molecule has 1 N–H and O–H groups in total. The number of H-pyrrole nitrogens is 1. The van der Waals surface area contributed by atoms with Gasteiger partial charge in [-0.2, -0.15) is 0 Å². The first-order valence-electron chi connectivity index (χ1n) is 13.0. The number of pyridine rings is 1. The molecule has 1 aromatic carbocycles. The van der Waals surface area contributed by atoms with Crippen molar-refractivity contribution in [2.45, 2.75) is 44.9 Å². The van der Waals surface area contributed by atoms with Gasteiger partial charge in [0, 0.05) is 68.2 Å². The average Bonchev–Trinajstić information content (AvgIpc) is 3.59. The van der Waals surface area contributed by atoms with E-state index in [1.54, 1.807) is 11.9 Å². The number of fused-ring (bicyclic) bond motifs is 2. The van der Waals surface area contributed by atoms with Crippen LogP contribution in [0.15, 0.2) is 48.9 Å². The van der Waals surface area contributed by atoms with Crippen LogP contribution >= 0.6 is 0 Å². The van der Waals surface area contributed by atoms with Gasteiger partial charge >= 0.3 is 0 Å². The van der Waals surface area contributed by atoms with Gasteiger partial charge in [0.05, 0.1) is 11.6 Å². The first-order chi connectivity index (χ1) is 17.4. The predicted molar refractivity (Wildman–Crippen MR) is 141 cm³/mol. The number of imidazole rings is 1. The van der Waals surface area contributed by atoms with Crippen LogP contribution in [0.5, 0.6) is 0 Å². The minimum Gasteiger partial charge on any atom is -0.354 e. The molecule has 36 heavy (non-hydrogen) atoms. The molecule has 4 aromatic rings. The van der Waals surface area contributed by atoms with Crippen molar-refractivity contribution >= 4 is 28.4 Å². The standard InChI is InChI=1S/C29H33N5O2/c1-18(2)27-23-14-20(19-8-11-33(12-9-19)29(36)22-15-26(35)32(3)16-22)4-6-24(23)31-28(27)21-5-7-25-30-10-13-34(25)17-21/h4-7,10,13-14,17-19,22,31H,8-9,11-12,15-16H2,1-3H3. The van der Waals surface area contributed by atoms with Gasteiger partial charge in [0.25, 0.3) is 0 Å². The number of amides is 2.